The van der Waals surface area contributed by atoms with E-state index in [1.165, 1.54) is 0 Å². The number of aromatic nitrogens is 2. The van der Waals surface area contributed by atoms with Gasteiger partial charge in [0.15, 0.2) is 0 Å². The molecule has 122 valence electrons. The van der Waals surface area contributed by atoms with Gasteiger partial charge in [-0.2, -0.15) is 0 Å². The fourth-order valence-electron chi connectivity index (χ4n) is 2.65. The Labute approximate surface area is 132 Å². The molecular formula is C14H26BN5O2. The molecular weight excluding hydrogens is 281 g/mol. The first-order valence-electron chi connectivity index (χ1n) is 7.82. The van der Waals surface area contributed by atoms with E-state index in [1.807, 2.05) is 15.6 Å². The molecule has 0 spiro atoms. The molecule has 3 N–H and O–H groups in total. The normalized spacial score (nSPS) is 19.9. The van der Waals surface area contributed by atoms with Crippen LogP contribution in [0.5, 0.6) is 0 Å². The highest BCUT2D eigenvalue weighted by atomic mass is 16.2. The summed E-state index contributed by atoms with van der Waals surface area (Å²) in [5.74, 6) is -0.00761. The summed E-state index contributed by atoms with van der Waals surface area (Å²) in [7, 11) is -0.516. The average Bonchev–Trinajstić information content (AvgIpc) is 3.02. The lowest BCUT2D eigenvalue weighted by molar-refractivity contribution is -0.123. The second-order valence-corrected chi connectivity index (χ2v) is 6.46. The fraction of sp³-hybridized carbons (Fsp3) is 0.714. The van der Waals surface area contributed by atoms with E-state index < -0.39 is 7.05 Å². The van der Waals surface area contributed by atoms with Crippen LogP contribution in [-0.2, 0) is 10.3 Å². The number of carbonyl (C=O) groups is 1. The third kappa shape index (κ3) is 4.31. The van der Waals surface area contributed by atoms with Gasteiger partial charge in [-0.25, -0.2) is 4.98 Å². The van der Waals surface area contributed by atoms with Crippen molar-refractivity contribution in [1.29, 1.82) is 0 Å². The molecule has 0 aromatic carbocycles. The minimum absolute atomic E-state index is 0.00761. The van der Waals surface area contributed by atoms with Crippen LogP contribution in [0.3, 0.4) is 0 Å². The molecule has 0 unspecified atom stereocenters. The van der Waals surface area contributed by atoms with Crippen molar-refractivity contribution in [2.75, 3.05) is 26.2 Å². The molecule has 1 aromatic heterocycles. The van der Waals surface area contributed by atoms with Crippen molar-refractivity contribution in [3.05, 3.63) is 18.7 Å². The van der Waals surface area contributed by atoms with Crippen molar-refractivity contribution in [3.8, 4) is 0 Å². The highest BCUT2D eigenvalue weighted by Gasteiger charge is 2.29. The van der Waals surface area contributed by atoms with E-state index >= 15 is 0 Å². The predicted octanol–water partition coefficient (Wildman–Crippen LogP) is -0.491. The standard InChI is InChI=1S/C14H26BN5O2/c1-14(2,19-8-6-16-11-19)4-5-18-13(21)12-10-20(15(3)22)9-7-17-12/h6,8,11-12,17,22H,4-5,7,9-10H2,1-3H3,(H,18,21)/t12-/m1/s1. The Morgan fingerprint density at radius 3 is 3.00 bits per heavy atom. The van der Waals surface area contributed by atoms with Crippen LogP contribution in [0.25, 0.3) is 0 Å². The number of imidazole rings is 1. The number of nitrogens with one attached hydrogen (secondary N) is 2. The highest BCUT2D eigenvalue weighted by molar-refractivity contribution is 6.45. The van der Waals surface area contributed by atoms with E-state index in [-0.39, 0.29) is 17.5 Å². The van der Waals surface area contributed by atoms with Crippen molar-refractivity contribution >= 4 is 13.0 Å². The van der Waals surface area contributed by atoms with Gasteiger partial charge < -0.3 is 25.0 Å². The maximum absolute atomic E-state index is 12.2. The van der Waals surface area contributed by atoms with Gasteiger partial charge in [0, 0.05) is 44.1 Å². The molecule has 0 radical (unpaired) electrons. The van der Waals surface area contributed by atoms with Gasteiger partial charge >= 0.3 is 7.05 Å². The zero-order chi connectivity index (χ0) is 16.2. The minimum Gasteiger partial charge on any atom is -0.437 e. The molecule has 8 heteroatoms. The number of amides is 1. The van der Waals surface area contributed by atoms with Gasteiger partial charge in [0.2, 0.25) is 5.91 Å². The van der Waals surface area contributed by atoms with Crippen LogP contribution < -0.4 is 10.6 Å². The van der Waals surface area contributed by atoms with E-state index in [0.29, 0.717) is 19.6 Å². The molecule has 1 aliphatic rings. The number of nitrogens with zero attached hydrogens (tertiary/aromatic N) is 3. The number of hydrogen-bond donors (Lipinski definition) is 3. The monoisotopic (exact) mass is 307 g/mol. The maximum atomic E-state index is 12.2. The first kappa shape index (κ1) is 17.0. The van der Waals surface area contributed by atoms with Gasteiger partial charge in [0.25, 0.3) is 0 Å². The lowest BCUT2D eigenvalue weighted by Gasteiger charge is -2.34. The Morgan fingerprint density at radius 2 is 2.36 bits per heavy atom. The third-order valence-corrected chi connectivity index (χ3v) is 4.29. The van der Waals surface area contributed by atoms with Crippen molar-refractivity contribution in [3.63, 3.8) is 0 Å². The topological polar surface area (TPSA) is 82.4 Å². The van der Waals surface area contributed by atoms with Gasteiger partial charge in [-0.05, 0) is 27.1 Å². The van der Waals surface area contributed by atoms with Gasteiger partial charge in [0.1, 0.15) is 0 Å². The van der Waals surface area contributed by atoms with E-state index in [9.17, 15) is 9.82 Å². The summed E-state index contributed by atoms with van der Waals surface area (Å²) < 4.78 is 2.05. The molecule has 2 heterocycles. The Morgan fingerprint density at radius 1 is 1.59 bits per heavy atom. The number of carbonyl (C=O) groups excluding carboxylic acids is 1. The fourth-order valence-corrected chi connectivity index (χ4v) is 2.65. The van der Waals surface area contributed by atoms with Gasteiger partial charge in [0.05, 0.1) is 12.4 Å². The van der Waals surface area contributed by atoms with Gasteiger partial charge in [-0.15, -0.1) is 0 Å². The summed E-state index contributed by atoms with van der Waals surface area (Å²) in [6, 6.07) is -0.264. The van der Waals surface area contributed by atoms with Crippen molar-refractivity contribution in [2.24, 2.45) is 0 Å². The zero-order valence-corrected chi connectivity index (χ0v) is 13.6. The molecule has 0 bridgehead atoms. The van der Waals surface area contributed by atoms with Crippen LogP contribution in [0, 0.1) is 0 Å². The van der Waals surface area contributed by atoms with Crippen molar-refractivity contribution < 1.29 is 9.82 Å². The Hall–Kier alpha value is -1.38. The number of hydrogen-bond acceptors (Lipinski definition) is 5. The van der Waals surface area contributed by atoms with Crippen LogP contribution in [0.2, 0.25) is 6.82 Å². The molecule has 1 fully saturated rings. The summed E-state index contributed by atoms with van der Waals surface area (Å²) in [5.41, 5.74) is -0.0879. The highest BCUT2D eigenvalue weighted by Crippen LogP contribution is 2.18. The molecule has 0 saturated carbocycles. The molecule has 2 rings (SSSR count). The molecule has 1 aromatic rings. The smallest absolute Gasteiger partial charge is 0.376 e. The number of rotatable bonds is 6. The summed E-state index contributed by atoms with van der Waals surface area (Å²) in [6.07, 6.45) is 6.31. The zero-order valence-electron chi connectivity index (χ0n) is 13.6. The lowest BCUT2D eigenvalue weighted by atomic mass is 9.83. The molecule has 1 amide bonds. The molecule has 7 nitrogen and oxygen atoms in total. The van der Waals surface area contributed by atoms with Crippen LogP contribution in [0.15, 0.2) is 18.7 Å². The molecule has 1 saturated heterocycles. The molecule has 1 atom stereocenters. The van der Waals surface area contributed by atoms with Crippen molar-refractivity contribution in [2.45, 2.75) is 38.7 Å². The van der Waals surface area contributed by atoms with E-state index in [0.717, 1.165) is 13.0 Å². The largest absolute Gasteiger partial charge is 0.437 e. The first-order valence-corrected chi connectivity index (χ1v) is 7.82. The lowest BCUT2D eigenvalue weighted by Crippen LogP contribution is -2.60. The second-order valence-electron chi connectivity index (χ2n) is 6.46. The third-order valence-electron chi connectivity index (χ3n) is 4.29. The Kier molecular flexibility index (Phi) is 5.60. The van der Waals surface area contributed by atoms with E-state index in [2.05, 4.69) is 29.5 Å². The summed E-state index contributed by atoms with van der Waals surface area (Å²) in [4.78, 5) is 18.2. The van der Waals surface area contributed by atoms with Crippen LogP contribution in [0.1, 0.15) is 20.3 Å². The molecule has 22 heavy (non-hydrogen) atoms. The SMILES string of the molecule is CB(O)N1CCN[C@@H](C(=O)NCCC(C)(C)n2ccnc2)C1. The summed E-state index contributed by atoms with van der Waals surface area (Å²) in [5, 5.41) is 15.8. The maximum Gasteiger partial charge on any atom is 0.376 e. The van der Waals surface area contributed by atoms with Gasteiger partial charge in [-0.3, -0.25) is 4.79 Å². The average molecular weight is 307 g/mol. The van der Waals surface area contributed by atoms with Crippen LogP contribution in [0.4, 0.5) is 0 Å². The first-order chi connectivity index (χ1) is 10.4. The van der Waals surface area contributed by atoms with E-state index in [4.69, 9.17) is 0 Å². The second kappa shape index (κ2) is 7.26. The van der Waals surface area contributed by atoms with Crippen LogP contribution in [-0.4, -0.2) is 64.6 Å². The predicted molar refractivity (Wildman–Crippen MR) is 86.4 cm³/mol. The Bertz CT molecular complexity index is 478. The molecule has 1 aliphatic heterocycles. The summed E-state index contributed by atoms with van der Waals surface area (Å²) in [6.45, 7) is 8.58. The summed E-state index contributed by atoms with van der Waals surface area (Å²) >= 11 is 0. The van der Waals surface area contributed by atoms with Gasteiger partial charge in [-0.1, -0.05) is 0 Å². The number of piperazine rings is 1. The Balaban J connectivity index is 1.78. The minimum atomic E-state index is -0.516. The van der Waals surface area contributed by atoms with E-state index in [1.54, 1.807) is 19.3 Å². The molecule has 0 aliphatic carbocycles. The quantitative estimate of drug-likeness (QED) is 0.618. The van der Waals surface area contributed by atoms with Crippen LogP contribution >= 0.6 is 0 Å². The van der Waals surface area contributed by atoms with Crippen molar-refractivity contribution in [1.82, 2.24) is 25.0 Å².